The van der Waals surface area contributed by atoms with E-state index in [1.807, 2.05) is 0 Å². The summed E-state index contributed by atoms with van der Waals surface area (Å²) >= 11 is 5.91. The molecule has 72 valence electrons. The molecule has 0 aromatic rings. The van der Waals surface area contributed by atoms with Crippen LogP contribution in [0.4, 0.5) is 0 Å². The number of hydrogen-bond acceptors (Lipinski definition) is 2. The van der Waals surface area contributed by atoms with Crippen LogP contribution in [-0.2, 0) is 10.0 Å². The first kappa shape index (κ1) is 10.3. The topological polar surface area (TPSA) is 46.2 Å². The predicted molar refractivity (Wildman–Crippen MR) is 49.9 cm³/mol. The Morgan fingerprint density at radius 2 is 2.17 bits per heavy atom. The Balaban J connectivity index is 2.51. The Morgan fingerprint density at radius 1 is 1.50 bits per heavy atom. The molecule has 2 atom stereocenters. The van der Waals surface area contributed by atoms with E-state index in [2.05, 4.69) is 4.72 Å². The molecule has 1 fully saturated rings. The minimum absolute atomic E-state index is 0.0219. The lowest BCUT2D eigenvalue weighted by atomic mass is 10.3. The van der Waals surface area contributed by atoms with Gasteiger partial charge in [0, 0.05) is 11.4 Å². The smallest absolute Gasteiger partial charge is 0.211 e. The molecular weight excluding hydrogens is 198 g/mol. The standard InChI is InChI=1S/C7H14ClNO2S/c1-2-12(10,11)9-7-5-3-4-6(7)8/h6-7,9H,2-5H2,1H3. The normalized spacial score (nSPS) is 30.8. The maximum absolute atomic E-state index is 11.1. The van der Waals surface area contributed by atoms with E-state index >= 15 is 0 Å². The molecule has 0 amide bonds. The van der Waals surface area contributed by atoms with Crippen LogP contribution in [-0.4, -0.2) is 25.6 Å². The quantitative estimate of drug-likeness (QED) is 0.711. The fraction of sp³-hybridized carbons (Fsp3) is 1.00. The van der Waals surface area contributed by atoms with E-state index in [1.165, 1.54) is 0 Å². The van der Waals surface area contributed by atoms with Gasteiger partial charge in [0.1, 0.15) is 0 Å². The molecule has 0 radical (unpaired) electrons. The molecule has 2 unspecified atom stereocenters. The van der Waals surface area contributed by atoms with Gasteiger partial charge in [-0.15, -0.1) is 11.6 Å². The molecule has 0 spiro atoms. The van der Waals surface area contributed by atoms with Crippen molar-refractivity contribution in [1.82, 2.24) is 4.72 Å². The molecule has 0 aromatic heterocycles. The second-order valence-electron chi connectivity index (χ2n) is 3.07. The Kier molecular flexibility index (Phi) is 3.37. The van der Waals surface area contributed by atoms with Gasteiger partial charge in [0.15, 0.2) is 0 Å². The van der Waals surface area contributed by atoms with Crippen molar-refractivity contribution in [3.05, 3.63) is 0 Å². The van der Waals surface area contributed by atoms with Gasteiger partial charge in [0.25, 0.3) is 0 Å². The van der Waals surface area contributed by atoms with Gasteiger partial charge in [0.05, 0.1) is 5.75 Å². The number of hydrogen-bond donors (Lipinski definition) is 1. The van der Waals surface area contributed by atoms with E-state index in [-0.39, 0.29) is 17.2 Å². The predicted octanol–water partition coefficient (Wildman–Crippen LogP) is 1.09. The summed E-state index contributed by atoms with van der Waals surface area (Å²) < 4.78 is 24.9. The van der Waals surface area contributed by atoms with Crippen molar-refractivity contribution in [2.75, 3.05) is 5.75 Å². The zero-order valence-corrected chi connectivity index (χ0v) is 8.66. The summed E-state index contributed by atoms with van der Waals surface area (Å²) in [4.78, 5) is 0. The molecule has 1 saturated carbocycles. The van der Waals surface area contributed by atoms with Crippen LogP contribution in [0, 0.1) is 0 Å². The summed E-state index contributed by atoms with van der Waals surface area (Å²) in [5, 5.41) is -0.0219. The van der Waals surface area contributed by atoms with Crippen LogP contribution < -0.4 is 4.72 Å². The molecular formula is C7H14ClNO2S. The summed E-state index contributed by atoms with van der Waals surface area (Å²) in [6.45, 7) is 1.63. The summed E-state index contributed by atoms with van der Waals surface area (Å²) in [6.07, 6.45) is 2.80. The van der Waals surface area contributed by atoms with Crippen molar-refractivity contribution in [1.29, 1.82) is 0 Å². The number of sulfonamides is 1. The second kappa shape index (κ2) is 3.94. The van der Waals surface area contributed by atoms with Crippen molar-refractivity contribution in [2.45, 2.75) is 37.6 Å². The van der Waals surface area contributed by atoms with Crippen LogP contribution in [0.25, 0.3) is 0 Å². The lowest BCUT2D eigenvalue weighted by Crippen LogP contribution is -2.38. The number of alkyl halides is 1. The molecule has 0 aliphatic heterocycles. The molecule has 1 aliphatic rings. The Hall–Kier alpha value is 0.200. The van der Waals surface area contributed by atoms with Crippen LogP contribution in [0.2, 0.25) is 0 Å². The largest absolute Gasteiger partial charge is 0.212 e. The molecule has 0 saturated heterocycles. The molecule has 0 aromatic carbocycles. The highest BCUT2D eigenvalue weighted by molar-refractivity contribution is 7.89. The van der Waals surface area contributed by atoms with Crippen molar-refractivity contribution in [2.24, 2.45) is 0 Å². The van der Waals surface area contributed by atoms with Crippen LogP contribution in [0.1, 0.15) is 26.2 Å². The first-order chi connectivity index (χ1) is 5.55. The molecule has 1 N–H and O–H groups in total. The Bertz CT molecular complexity index is 240. The van der Waals surface area contributed by atoms with Gasteiger partial charge in [-0.3, -0.25) is 0 Å². The highest BCUT2D eigenvalue weighted by Gasteiger charge is 2.28. The SMILES string of the molecule is CCS(=O)(=O)NC1CCCC1Cl. The molecule has 12 heavy (non-hydrogen) atoms. The zero-order chi connectivity index (χ0) is 9.19. The van der Waals surface area contributed by atoms with Gasteiger partial charge >= 0.3 is 0 Å². The molecule has 0 bridgehead atoms. The number of rotatable bonds is 3. The van der Waals surface area contributed by atoms with Crippen LogP contribution in [0.15, 0.2) is 0 Å². The van der Waals surface area contributed by atoms with Crippen LogP contribution >= 0.6 is 11.6 Å². The van der Waals surface area contributed by atoms with E-state index in [4.69, 9.17) is 11.6 Å². The summed E-state index contributed by atoms with van der Waals surface area (Å²) in [7, 11) is -3.07. The molecule has 5 heteroatoms. The van der Waals surface area contributed by atoms with Gasteiger partial charge in [-0.1, -0.05) is 6.42 Å². The summed E-state index contributed by atoms with van der Waals surface area (Å²) in [6, 6.07) is -0.0448. The monoisotopic (exact) mass is 211 g/mol. The highest BCUT2D eigenvalue weighted by Crippen LogP contribution is 2.24. The van der Waals surface area contributed by atoms with E-state index in [9.17, 15) is 8.42 Å². The summed E-state index contributed by atoms with van der Waals surface area (Å²) in [5.41, 5.74) is 0. The average molecular weight is 212 g/mol. The average Bonchev–Trinajstić information content (AvgIpc) is 2.36. The zero-order valence-electron chi connectivity index (χ0n) is 7.09. The van der Waals surface area contributed by atoms with Crippen molar-refractivity contribution in [3.63, 3.8) is 0 Å². The van der Waals surface area contributed by atoms with E-state index in [1.54, 1.807) is 6.92 Å². The molecule has 0 heterocycles. The first-order valence-corrected chi connectivity index (χ1v) is 6.28. The van der Waals surface area contributed by atoms with E-state index < -0.39 is 10.0 Å². The lowest BCUT2D eigenvalue weighted by molar-refractivity contribution is 0.555. The van der Waals surface area contributed by atoms with Gasteiger partial charge in [-0.25, -0.2) is 13.1 Å². The maximum atomic E-state index is 11.1. The van der Waals surface area contributed by atoms with Gasteiger partial charge < -0.3 is 0 Å². The summed E-state index contributed by atoms with van der Waals surface area (Å²) in [5.74, 6) is 0.132. The molecule has 1 aliphatic carbocycles. The number of nitrogens with one attached hydrogen (secondary N) is 1. The van der Waals surface area contributed by atoms with Crippen LogP contribution in [0.5, 0.6) is 0 Å². The van der Waals surface area contributed by atoms with E-state index in [0.29, 0.717) is 0 Å². The third-order valence-electron chi connectivity index (χ3n) is 2.14. The minimum atomic E-state index is -3.07. The minimum Gasteiger partial charge on any atom is -0.212 e. The van der Waals surface area contributed by atoms with Crippen molar-refractivity contribution < 1.29 is 8.42 Å². The molecule has 1 rings (SSSR count). The van der Waals surface area contributed by atoms with Gasteiger partial charge in [-0.2, -0.15) is 0 Å². The Labute approximate surface area is 78.5 Å². The fourth-order valence-electron chi connectivity index (χ4n) is 1.36. The third kappa shape index (κ3) is 2.61. The third-order valence-corrected chi connectivity index (χ3v) is 4.09. The van der Waals surface area contributed by atoms with Crippen LogP contribution in [0.3, 0.4) is 0 Å². The lowest BCUT2D eigenvalue weighted by Gasteiger charge is -2.14. The van der Waals surface area contributed by atoms with Gasteiger partial charge in [0.2, 0.25) is 10.0 Å². The van der Waals surface area contributed by atoms with Gasteiger partial charge in [-0.05, 0) is 19.8 Å². The number of halogens is 1. The highest BCUT2D eigenvalue weighted by atomic mass is 35.5. The van der Waals surface area contributed by atoms with Crippen molar-refractivity contribution >= 4 is 21.6 Å². The fourth-order valence-corrected chi connectivity index (χ4v) is 2.69. The van der Waals surface area contributed by atoms with E-state index in [0.717, 1.165) is 19.3 Å². The second-order valence-corrected chi connectivity index (χ2v) is 5.68. The van der Waals surface area contributed by atoms with Crippen molar-refractivity contribution in [3.8, 4) is 0 Å². The molecule has 3 nitrogen and oxygen atoms in total. The first-order valence-electron chi connectivity index (χ1n) is 4.19. The Morgan fingerprint density at radius 3 is 2.58 bits per heavy atom. The maximum Gasteiger partial charge on any atom is 0.211 e.